The summed E-state index contributed by atoms with van der Waals surface area (Å²) in [6, 6.07) is 11.4. The van der Waals surface area contributed by atoms with Crippen LogP contribution in [0.25, 0.3) is 0 Å². The van der Waals surface area contributed by atoms with Crippen molar-refractivity contribution in [2.45, 2.75) is 13.0 Å². The lowest BCUT2D eigenvalue weighted by Crippen LogP contribution is -2.05. The van der Waals surface area contributed by atoms with E-state index in [-0.39, 0.29) is 0 Å². The van der Waals surface area contributed by atoms with Crippen LogP contribution in [0.15, 0.2) is 40.9 Å². The fourth-order valence-electron chi connectivity index (χ4n) is 1.86. The Labute approximate surface area is 137 Å². The van der Waals surface area contributed by atoms with Gasteiger partial charge in [-0.3, -0.25) is 0 Å². The average Bonchev–Trinajstić information content (AvgIpc) is 2.42. The maximum Gasteiger partial charge on any atom is 0.123 e. The minimum atomic E-state index is 0.374. The summed E-state index contributed by atoms with van der Waals surface area (Å²) >= 11 is 15.6. The number of benzene rings is 2. The molecule has 0 unspecified atom stereocenters. The highest BCUT2D eigenvalue weighted by Crippen LogP contribution is 2.28. The van der Waals surface area contributed by atoms with Gasteiger partial charge in [-0.05, 0) is 42.8 Å². The second kappa shape index (κ2) is 7.32. The second-order valence-corrected chi connectivity index (χ2v) is 5.99. The Kier molecular flexibility index (Phi) is 5.73. The third-order valence-electron chi connectivity index (χ3n) is 2.85. The first-order valence-corrected chi connectivity index (χ1v) is 7.71. The zero-order chi connectivity index (χ0) is 14.5. The summed E-state index contributed by atoms with van der Waals surface area (Å²) < 4.78 is 6.86. The molecule has 0 fully saturated rings. The molecule has 2 rings (SSSR count). The number of hydrogen-bond acceptors (Lipinski definition) is 2. The van der Waals surface area contributed by atoms with Gasteiger partial charge < -0.3 is 10.5 Å². The molecule has 0 atom stereocenters. The average molecular weight is 375 g/mol. The lowest BCUT2D eigenvalue weighted by atomic mass is 10.1. The summed E-state index contributed by atoms with van der Waals surface area (Å²) in [5, 5.41) is 1.07. The van der Waals surface area contributed by atoms with Crippen LogP contribution in [0.5, 0.6) is 5.75 Å². The van der Waals surface area contributed by atoms with E-state index in [2.05, 4.69) is 15.9 Å². The van der Waals surface area contributed by atoms with Crippen molar-refractivity contribution in [2.75, 3.05) is 6.54 Å². The molecule has 0 spiro atoms. The molecule has 0 amide bonds. The minimum absolute atomic E-state index is 0.374. The van der Waals surface area contributed by atoms with Crippen molar-refractivity contribution >= 4 is 39.1 Å². The van der Waals surface area contributed by atoms with E-state index < -0.39 is 0 Å². The van der Waals surface area contributed by atoms with Crippen LogP contribution in [0.2, 0.25) is 10.0 Å². The SMILES string of the molecule is NCCc1cc(Br)ccc1OCc1cccc(Cl)c1Cl. The van der Waals surface area contributed by atoms with Crippen LogP contribution in [0, 0.1) is 0 Å². The van der Waals surface area contributed by atoms with Gasteiger partial charge in [-0.2, -0.15) is 0 Å². The van der Waals surface area contributed by atoms with E-state index in [1.54, 1.807) is 6.07 Å². The standard InChI is InChI=1S/C15H14BrCl2NO/c16-12-4-5-14(10(8-12)6-7-19)20-9-11-2-1-3-13(17)15(11)18/h1-5,8H,6-7,9,19H2. The maximum absolute atomic E-state index is 6.15. The van der Waals surface area contributed by atoms with E-state index in [1.165, 1.54) is 0 Å². The predicted octanol–water partition coefficient (Wildman–Crippen LogP) is 4.84. The minimum Gasteiger partial charge on any atom is -0.489 e. The number of hydrogen-bond donors (Lipinski definition) is 1. The first-order valence-electron chi connectivity index (χ1n) is 6.16. The molecule has 5 heteroatoms. The van der Waals surface area contributed by atoms with E-state index in [9.17, 15) is 0 Å². The van der Waals surface area contributed by atoms with Gasteiger partial charge in [0, 0.05) is 10.0 Å². The molecule has 0 saturated carbocycles. The first kappa shape index (κ1) is 15.6. The van der Waals surface area contributed by atoms with Gasteiger partial charge in [0.15, 0.2) is 0 Å². The van der Waals surface area contributed by atoms with Crippen molar-refractivity contribution in [3.8, 4) is 5.75 Å². The number of halogens is 3. The van der Waals surface area contributed by atoms with E-state index in [0.717, 1.165) is 27.8 Å². The van der Waals surface area contributed by atoms with E-state index in [1.807, 2.05) is 30.3 Å². The quantitative estimate of drug-likeness (QED) is 0.812. The summed E-state index contributed by atoms with van der Waals surface area (Å²) in [6.07, 6.45) is 0.762. The molecule has 0 radical (unpaired) electrons. The lowest BCUT2D eigenvalue weighted by molar-refractivity contribution is 0.303. The van der Waals surface area contributed by atoms with Gasteiger partial charge in [-0.15, -0.1) is 0 Å². The first-order chi connectivity index (χ1) is 9.61. The third-order valence-corrected chi connectivity index (χ3v) is 4.20. The van der Waals surface area contributed by atoms with Crippen LogP contribution in [0.1, 0.15) is 11.1 Å². The predicted molar refractivity (Wildman–Crippen MR) is 87.7 cm³/mol. The summed E-state index contributed by atoms with van der Waals surface area (Å²) in [5.41, 5.74) is 7.55. The van der Waals surface area contributed by atoms with Crippen LogP contribution in [-0.2, 0) is 13.0 Å². The highest BCUT2D eigenvalue weighted by atomic mass is 79.9. The van der Waals surface area contributed by atoms with Crippen LogP contribution < -0.4 is 10.5 Å². The summed E-state index contributed by atoms with van der Waals surface area (Å²) in [7, 11) is 0. The molecule has 2 nitrogen and oxygen atoms in total. The summed E-state index contributed by atoms with van der Waals surface area (Å²) in [4.78, 5) is 0. The molecule has 0 aliphatic rings. The number of ether oxygens (including phenoxy) is 1. The van der Waals surface area contributed by atoms with Gasteiger partial charge in [0.05, 0.1) is 10.0 Å². The van der Waals surface area contributed by atoms with E-state index in [0.29, 0.717) is 23.2 Å². The Balaban J connectivity index is 2.16. The molecular formula is C15H14BrCl2NO. The largest absolute Gasteiger partial charge is 0.489 e. The topological polar surface area (TPSA) is 35.2 Å². The van der Waals surface area contributed by atoms with Crippen LogP contribution >= 0.6 is 39.1 Å². The third kappa shape index (κ3) is 3.89. The highest BCUT2D eigenvalue weighted by Gasteiger charge is 2.08. The zero-order valence-corrected chi connectivity index (χ0v) is 13.8. The van der Waals surface area contributed by atoms with Gasteiger partial charge in [0.1, 0.15) is 12.4 Å². The van der Waals surface area contributed by atoms with Crippen molar-refractivity contribution in [3.05, 3.63) is 62.0 Å². The Bertz CT molecular complexity index is 604. The van der Waals surface area contributed by atoms with Crippen molar-refractivity contribution in [3.63, 3.8) is 0 Å². The fourth-order valence-corrected chi connectivity index (χ4v) is 2.64. The second-order valence-electron chi connectivity index (χ2n) is 4.29. The van der Waals surface area contributed by atoms with Crippen molar-refractivity contribution < 1.29 is 4.74 Å². The van der Waals surface area contributed by atoms with Crippen LogP contribution in [0.4, 0.5) is 0 Å². The van der Waals surface area contributed by atoms with E-state index >= 15 is 0 Å². The molecule has 106 valence electrons. The van der Waals surface area contributed by atoms with E-state index in [4.69, 9.17) is 33.7 Å². The number of rotatable bonds is 5. The van der Waals surface area contributed by atoms with Crippen LogP contribution in [-0.4, -0.2) is 6.54 Å². The maximum atomic E-state index is 6.15. The molecule has 0 saturated heterocycles. The normalized spacial score (nSPS) is 10.6. The van der Waals surface area contributed by atoms with Gasteiger partial charge in [0.2, 0.25) is 0 Å². The Hall–Kier alpha value is -0.740. The molecule has 0 aromatic heterocycles. The van der Waals surface area contributed by atoms with Gasteiger partial charge in [-0.25, -0.2) is 0 Å². The van der Waals surface area contributed by atoms with Gasteiger partial charge in [0.25, 0.3) is 0 Å². The zero-order valence-electron chi connectivity index (χ0n) is 10.7. The molecule has 2 N–H and O–H groups in total. The monoisotopic (exact) mass is 373 g/mol. The molecular weight excluding hydrogens is 361 g/mol. The van der Waals surface area contributed by atoms with Crippen molar-refractivity contribution in [2.24, 2.45) is 5.73 Å². The fraction of sp³-hybridized carbons (Fsp3) is 0.200. The number of nitrogens with two attached hydrogens (primary N) is 1. The highest BCUT2D eigenvalue weighted by molar-refractivity contribution is 9.10. The summed E-state index contributed by atoms with van der Waals surface area (Å²) in [6.45, 7) is 0.948. The molecule has 0 bridgehead atoms. The van der Waals surface area contributed by atoms with Gasteiger partial charge >= 0.3 is 0 Å². The molecule has 20 heavy (non-hydrogen) atoms. The van der Waals surface area contributed by atoms with Crippen molar-refractivity contribution in [1.82, 2.24) is 0 Å². The van der Waals surface area contributed by atoms with Crippen molar-refractivity contribution in [1.29, 1.82) is 0 Å². The Morgan fingerprint density at radius 1 is 1.10 bits per heavy atom. The molecule has 0 aliphatic carbocycles. The molecule has 0 aliphatic heterocycles. The lowest BCUT2D eigenvalue weighted by Gasteiger charge is -2.12. The Morgan fingerprint density at radius 3 is 2.65 bits per heavy atom. The molecule has 0 heterocycles. The molecule has 2 aromatic carbocycles. The van der Waals surface area contributed by atoms with Crippen LogP contribution in [0.3, 0.4) is 0 Å². The summed E-state index contributed by atoms with van der Waals surface area (Å²) in [5.74, 6) is 0.815. The molecule has 2 aromatic rings. The van der Waals surface area contributed by atoms with Gasteiger partial charge in [-0.1, -0.05) is 51.3 Å². The Morgan fingerprint density at radius 2 is 1.90 bits per heavy atom. The smallest absolute Gasteiger partial charge is 0.123 e.